The number of rotatable bonds is 4. The summed E-state index contributed by atoms with van der Waals surface area (Å²) in [6.07, 6.45) is 5.45. The molecule has 1 N–H and O–H groups in total. The first-order valence-electron chi connectivity index (χ1n) is 7.31. The van der Waals surface area contributed by atoms with Gasteiger partial charge in [0.05, 0.1) is 6.61 Å². The topological polar surface area (TPSA) is 40.5 Å². The number of amides is 1. The van der Waals surface area contributed by atoms with Gasteiger partial charge in [-0.2, -0.15) is 0 Å². The second-order valence-electron chi connectivity index (χ2n) is 5.47. The summed E-state index contributed by atoms with van der Waals surface area (Å²) in [5, 5.41) is 9.22. The first-order chi connectivity index (χ1) is 9.63. The number of nitrogens with zero attached hydrogens (tertiary/aromatic N) is 1. The molecular formula is C16H22FNO2. The van der Waals surface area contributed by atoms with Gasteiger partial charge in [-0.15, -0.1) is 0 Å². The standard InChI is InChI=1S/C16H22FNO2/c1-12-11-13(17)7-8-15(12)16(20)18(9-10-19)14-5-3-2-4-6-14/h7-8,11,14,19H,2-6,9-10H2,1H3. The van der Waals surface area contributed by atoms with Gasteiger partial charge in [-0.3, -0.25) is 4.79 Å². The third-order valence-corrected chi connectivity index (χ3v) is 4.04. The van der Waals surface area contributed by atoms with Crippen LogP contribution in [0.2, 0.25) is 0 Å². The zero-order chi connectivity index (χ0) is 14.5. The summed E-state index contributed by atoms with van der Waals surface area (Å²) < 4.78 is 13.1. The van der Waals surface area contributed by atoms with Crippen LogP contribution >= 0.6 is 0 Å². The molecule has 110 valence electrons. The molecule has 1 fully saturated rings. The van der Waals surface area contributed by atoms with Crippen molar-refractivity contribution in [2.24, 2.45) is 0 Å². The molecule has 20 heavy (non-hydrogen) atoms. The lowest BCUT2D eigenvalue weighted by molar-refractivity contribution is 0.0584. The highest BCUT2D eigenvalue weighted by molar-refractivity contribution is 5.95. The van der Waals surface area contributed by atoms with Crippen LogP contribution in [0.3, 0.4) is 0 Å². The molecule has 0 radical (unpaired) electrons. The molecule has 0 saturated heterocycles. The summed E-state index contributed by atoms with van der Waals surface area (Å²) >= 11 is 0. The molecule has 1 aliphatic rings. The molecule has 1 amide bonds. The Kier molecular flexibility index (Phi) is 5.12. The van der Waals surface area contributed by atoms with E-state index in [9.17, 15) is 14.3 Å². The highest BCUT2D eigenvalue weighted by Gasteiger charge is 2.26. The van der Waals surface area contributed by atoms with Crippen LogP contribution in [0.4, 0.5) is 4.39 Å². The second kappa shape index (κ2) is 6.84. The number of carbonyl (C=O) groups is 1. The normalized spacial score (nSPS) is 16.1. The van der Waals surface area contributed by atoms with E-state index in [1.807, 2.05) is 0 Å². The predicted molar refractivity (Wildman–Crippen MR) is 76.1 cm³/mol. The molecule has 0 aliphatic heterocycles. The third-order valence-electron chi connectivity index (χ3n) is 4.04. The second-order valence-corrected chi connectivity index (χ2v) is 5.47. The van der Waals surface area contributed by atoms with E-state index in [1.54, 1.807) is 17.9 Å². The van der Waals surface area contributed by atoms with Gasteiger partial charge in [-0.05, 0) is 43.5 Å². The minimum atomic E-state index is -0.328. The van der Waals surface area contributed by atoms with Crippen molar-refractivity contribution in [3.63, 3.8) is 0 Å². The number of aryl methyl sites for hydroxylation is 1. The summed E-state index contributed by atoms with van der Waals surface area (Å²) in [7, 11) is 0. The van der Waals surface area contributed by atoms with Crippen molar-refractivity contribution in [1.29, 1.82) is 0 Å². The molecule has 1 aromatic carbocycles. The number of aliphatic hydroxyl groups excluding tert-OH is 1. The molecular weight excluding hydrogens is 257 g/mol. The molecule has 1 aliphatic carbocycles. The summed E-state index contributed by atoms with van der Waals surface area (Å²) in [5.74, 6) is -0.422. The van der Waals surface area contributed by atoms with Gasteiger partial charge in [-0.25, -0.2) is 4.39 Å². The highest BCUT2D eigenvalue weighted by Crippen LogP contribution is 2.24. The Morgan fingerprint density at radius 3 is 2.65 bits per heavy atom. The molecule has 0 spiro atoms. The van der Waals surface area contributed by atoms with Gasteiger partial charge >= 0.3 is 0 Å². The van der Waals surface area contributed by atoms with Gasteiger partial charge in [0.15, 0.2) is 0 Å². The van der Waals surface area contributed by atoms with Crippen LogP contribution in [0, 0.1) is 12.7 Å². The molecule has 3 nitrogen and oxygen atoms in total. The lowest BCUT2D eigenvalue weighted by Crippen LogP contribution is -2.43. The summed E-state index contributed by atoms with van der Waals surface area (Å²) in [4.78, 5) is 14.4. The van der Waals surface area contributed by atoms with Crippen molar-refractivity contribution in [3.05, 3.63) is 35.1 Å². The van der Waals surface area contributed by atoms with Crippen LogP contribution in [-0.2, 0) is 0 Å². The van der Waals surface area contributed by atoms with Crippen LogP contribution in [-0.4, -0.2) is 35.1 Å². The summed E-state index contributed by atoms with van der Waals surface area (Å²) in [6.45, 7) is 2.05. The smallest absolute Gasteiger partial charge is 0.254 e. The molecule has 1 aromatic rings. The van der Waals surface area contributed by atoms with E-state index < -0.39 is 0 Å². The number of hydrogen-bond donors (Lipinski definition) is 1. The van der Waals surface area contributed by atoms with E-state index in [4.69, 9.17) is 0 Å². The average molecular weight is 279 g/mol. The van der Waals surface area contributed by atoms with Crippen molar-refractivity contribution in [2.75, 3.05) is 13.2 Å². The SMILES string of the molecule is Cc1cc(F)ccc1C(=O)N(CCO)C1CCCCC1. The monoisotopic (exact) mass is 279 g/mol. The summed E-state index contributed by atoms with van der Waals surface area (Å²) in [5.41, 5.74) is 1.18. The fourth-order valence-electron chi connectivity index (χ4n) is 2.97. The lowest BCUT2D eigenvalue weighted by atomic mass is 9.93. The molecule has 0 bridgehead atoms. The van der Waals surface area contributed by atoms with E-state index in [0.717, 1.165) is 25.7 Å². The number of halogens is 1. The van der Waals surface area contributed by atoms with Crippen LogP contribution < -0.4 is 0 Å². The molecule has 1 saturated carbocycles. The maximum atomic E-state index is 13.1. The van der Waals surface area contributed by atoms with Gasteiger partial charge in [0.25, 0.3) is 5.91 Å². The molecule has 2 rings (SSSR count). The Bertz CT molecular complexity index is 470. The Hall–Kier alpha value is -1.42. The van der Waals surface area contributed by atoms with E-state index >= 15 is 0 Å². The fraction of sp³-hybridized carbons (Fsp3) is 0.562. The number of carbonyl (C=O) groups excluding carboxylic acids is 1. The van der Waals surface area contributed by atoms with Gasteiger partial charge in [-0.1, -0.05) is 19.3 Å². The fourth-order valence-corrected chi connectivity index (χ4v) is 2.97. The lowest BCUT2D eigenvalue weighted by Gasteiger charge is -2.34. The van der Waals surface area contributed by atoms with Crippen LogP contribution in [0.5, 0.6) is 0 Å². The third kappa shape index (κ3) is 3.37. The van der Waals surface area contributed by atoms with Crippen molar-refractivity contribution >= 4 is 5.91 Å². The quantitative estimate of drug-likeness (QED) is 0.920. The first-order valence-corrected chi connectivity index (χ1v) is 7.31. The Morgan fingerprint density at radius 2 is 2.05 bits per heavy atom. The Morgan fingerprint density at radius 1 is 1.35 bits per heavy atom. The Labute approximate surface area is 119 Å². The Balaban J connectivity index is 2.21. The maximum absolute atomic E-state index is 13.1. The van der Waals surface area contributed by atoms with Crippen molar-refractivity contribution in [1.82, 2.24) is 4.90 Å². The van der Waals surface area contributed by atoms with E-state index in [1.165, 1.54) is 18.6 Å². The predicted octanol–water partition coefficient (Wildman–Crippen LogP) is 2.90. The van der Waals surface area contributed by atoms with Gasteiger partial charge in [0.1, 0.15) is 5.82 Å². The van der Waals surface area contributed by atoms with Crippen molar-refractivity contribution in [2.45, 2.75) is 45.1 Å². The maximum Gasteiger partial charge on any atom is 0.254 e. The van der Waals surface area contributed by atoms with E-state index in [2.05, 4.69) is 0 Å². The average Bonchev–Trinajstić information content (AvgIpc) is 2.45. The largest absolute Gasteiger partial charge is 0.395 e. The van der Waals surface area contributed by atoms with E-state index in [-0.39, 0.29) is 24.4 Å². The van der Waals surface area contributed by atoms with Gasteiger partial charge in [0, 0.05) is 18.2 Å². The van der Waals surface area contributed by atoms with Crippen LogP contribution in [0.15, 0.2) is 18.2 Å². The van der Waals surface area contributed by atoms with Crippen LogP contribution in [0.25, 0.3) is 0 Å². The number of aliphatic hydroxyl groups is 1. The molecule has 4 heteroatoms. The van der Waals surface area contributed by atoms with E-state index in [0.29, 0.717) is 17.7 Å². The number of hydrogen-bond acceptors (Lipinski definition) is 2. The number of benzene rings is 1. The first kappa shape index (κ1) is 15.0. The van der Waals surface area contributed by atoms with Gasteiger partial charge < -0.3 is 10.0 Å². The van der Waals surface area contributed by atoms with Crippen molar-refractivity contribution < 1.29 is 14.3 Å². The molecule has 0 heterocycles. The van der Waals surface area contributed by atoms with Crippen LogP contribution in [0.1, 0.15) is 48.0 Å². The molecule has 0 atom stereocenters. The summed E-state index contributed by atoms with van der Waals surface area (Å²) in [6, 6.07) is 4.44. The van der Waals surface area contributed by atoms with Gasteiger partial charge in [0.2, 0.25) is 0 Å². The van der Waals surface area contributed by atoms with Crippen molar-refractivity contribution in [3.8, 4) is 0 Å². The zero-order valence-corrected chi connectivity index (χ0v) is 11.9. The molecule has 0 aromatic heterocycles. The minimum Gasteiger partial charge on any atom is -0.395 e. The highest BCUT2D eigenvalue weighted by atomic mass is 19.1. The molecule has 0 unspecified atom stereocenters. The minimum absolute atomic E-state index is 0.0392. The zero-order valence-electron chi connectivity index (χ0n) is 11.9.